The van der Waals surface area contributed by atoms with Crippen LogP contribution in [0.3, 0.4) is 0 Å². The fourth-order valence-corrected chi connectivity index (χ4v) is 3.77. The van der Waals surface area contributed by atoms with Crippen LogP contribution in [0, 0.1) is 0 Å². The zero-order chi connectivity index (χ0) is 18.7. The van der Waals surface area contributed by atoms with Gasteiger partial charge in [-0.2, -0.15) is 0 Å². The molecule has 0 radical (unpaired) electrons. The first-order chi connectivity index (χ1) is 12.8. The summed E-state index contributed by atoms with van der Waals surface area (Å²) in [5, 5.41) is 0. The quantitative estimate of drug-likeness (QED) is 0.158. The summed E-state index contributed by atoms with van der Waals surface area (Å²) in [7, 11) is 0. The summed E-state index contributed by atoms with van der Waals surface area (Å²) < 4.78 is 5.55. The SMILES string of the molecule is CCCCCCCCCCC/C=C/CCCCC(=O)OC1CCCCC1. The van der Waals surface area contributed by atoms with Gasteiger partial charge in [-0.1, -0.05) is 76.9 Å². The van der Waals surface area contributed by atoms with E-state index in [1.807, 2.05) is 0 Å². The minimum Gasteiger partial charge on any atom is -0.462 e. The van der Waals surface area contributed by atoms with Crippen LogP contribution in [0.5, 0.6) is 0 Å². The molecule has 0 aromatic heterocycles. The predicted molar refractivity (Wildman–Crippen MR) is 112 cm³/mol. The highest BCUT2D eigenvalue weighted by atomic mass is 16.5. The first-order valence-corrected chi connectivity index (χ1v) is 11.7. The summed E-state index contributed by atoms with van der Waals surface area (Å²) in [6.07, 6.45) is 28.3. The van der Waals surface area contributed by atoms with Crippen molar-refractivity contribution in [2.24, 2.45) is 0 Å². The third-order valence-corrected chi connectivity index (χ3v) is 5.49. The van der Waals surface area contributed by atoms with Crippen molar-refractivity contribution < 1.29 is 9.53 Å². The summed E-state index contributed by atoms with van der Waals surface area (Å²) in [6.45, 7) is 2.28. The van der Waals surface area contributed by atoms with E-state index in [2.05, 4.69) is 19.1 Å². The number of rotatable bonds is 16. The average Bonchev–Trinajstić information content (AvgIpc) is 2.65. The number of unbranched alkanes of at least 4 members (excludes halogenated alkanes) is 11. The third-order valence-electron chi connectivity index (χ3n) is 5.49. The largest absolute Gasteiger partial charge is 0.462 e. The molecular weight excluding hydrogens is 320 g/mol. The fourth-order valence-electron chi connectivity index (χ4n) is 3.77. The van der Waals surface area contributed by atoms with Crippen molar-refractivity contribution in [3.05, 3.63) is 12.2 Å². The Hall–Kier alpha value is -0.790. The van der Waals surface area contributed by atoms with Gasteiger partial charge in [0.05, 0.1) is 0 Å². The number of ether oxygens (including phenoxy) is 1. The number of carbonyl (C=O) groups is 1. The highest BCUT2D eigenvalue weighted by Gasteiger charge is 2.17. The van der Waals surface area contributed by atoms with Gasteiger partial charge in [0, 0.05) is 6.42 Å². The molecule has 0 N–H and O–H groups in total. The molecule has 0 atom stereocenters. The van der Waals surface area contributed by atoms with E-state index in [0.717, 1.165) is 32.1 Å². The molecule has 0 spiro atoms. The Bertz CT molecular complexity index is 342. The Labute approximate surface area is 163 Å². The molecule has 2 heteroatoms. The lowest BCUT2D eigenvalue weighted by Gasteiger charge is -2.21. The molecule has 2 nitrogen and oxygen atoms in total. The highest BCUT2D eigenvalue weighted by molar-refractivity contribution is 5.69. The molecule has 1 aliphatic carbocycles. The number of esters is 1. The number of allylic oxidation sites excluding steroid dienone is 2. The molecule has 0 aromatic rings. The second-order valence-electron chi connectivity index (χ2n) is 8.08. The van der Waals surface area contributed by atoms with E-state index in [9.17, 15) is 4.79 Å². The summed E-state index contributed by atoms with van der Waals surface area (Å²) in [4.78, 5) is 11.8. The van der Waals surface area contributed by atoms with Crippen LogP contribution in [0.4, 0.5) is 0 Å². The molecule has 0 bridgehead atoms. The van der Waals surface area contributed by atoms with E-state index in [-0.39, 0.29) is 12.1 Å². The molecule has 0 heterocycles. The second-order valence-corrected chi connectivity index (χ2v) is 8.08. The maximum Gasteiger partial charge on any atom is 0.306 e. The Balaban J connectivity index is 1.79. The molecule has 0 amide bonds. The van der Waals surface area contributed by atoms with Gasteiger partial charge in [-0.25, -0.2) is 0 Å². The second kappa shape index (κ2) is 17.6. The Kier molecular flexibility index (Phi) is 15.8. The maximum atomic E-state index is 11.8. The van der Waals surface area contributed by atoms with Gasteiger partial charge in [0.15, 0.2) is 0 Å². The zero-order valence-electron chi connectivity index (χ0n) is 17.5. The van der Waals surface area contributed by atoms with Crippen molar-refractivity contribution in [2.45, 2.75) is 135 Å². The summed E-state index contributed by atoms with van der Waals surface area (Å²) in [5.74, 6) is 0.0237. The van der Waals surface area contributed by atoms with Crippen LogP contribution in [0.25, 0.3) is 0 Å². The zero-order valence-corrected chi connectivity index (χ0v) is 17.5. The van der Waals surface area contributed by atoms with E-state index in [1.165, 1.54) is 83.5 Å². The van der Waals surface area contributed by atoms with Crippen LogP contribution < -0.4 is 0 Å². The summed E-state index contributed by atoms with van der Waals surface area (Å²) in [5.41, 5.74) is 0. The Morgan fingerprint density at radius 3 is 1.92 bits per heavy atom. The van der Waals surface area contributed by atoms with Gasteiger partial charge < -0.3 is 4.74 Å². The van der Waals surface area contributed by atoms with Gasteiger partial charge in [0.1, 0.15) is 6.10 Å². The van der Waals surface area contributed by atoms with Crippen LogP contribution in [-0.4, -0.2) is 12.1 Å². The average molecular weight is 365 g/mol. The van der Waals surface area contributed by atoms with Gasteiger partial charge in [-0.3, -0.25) is 4.79 Å². The minimum atomic E-state index is 0.0237. The van der Waals surface area contributed by atoms with Gasteiger partial charge in [-0.05, 0) is 57.8 Å². The lowest BCUT2D eigenvalue weighted by Crippen LogP contribution is -2.20. The van der Waals surface area contributed by atoms with Crippen LogP contribution in [-0.2, 0) is 9.53 Å². The first kappa shape index (κ1) is 23.2. The van der Waals surface area contributed by atoms with Gasteiger partial charge in [0.2, 0.25) is 0 Å². The van der Waals surface area contributed by atoms with E-state index in [4.69, 9.17) is 4.74 Å². The normalized spacial score (nSPS) is 15.6. The van der Waals surface area contributed by atoms with Crippen LogP contribution >= 0.6 is 0 Å². The molecule has 0 aromatic carbocycles. The smallest absolute Gasteiger partial charge is 0.306 e. The molecule has 0 unspecified atom stereocenters. The molecular formula is C24H44O2. The van der Waals surface area contributed by atoms with E-state index >= 15 is 0 Å². The van der Waals surface area contributed by atoms with E-state index < -0.39 is 0 Å². The molecule has 1 rings (SSSR count). The summed E-state index contributed by atoms with van der Waals surface area (Å²) in [6, 6.07) is 0. The van der Waals surface area contributed by atoms with Gasteiger partial charge in [0.25, 0.3) is 0 Å². The van der Waals surface area contributed by atoms with E-state index in [1.54, 1.807) is 0 Å². The van der Waals surface area contributed by atoms with Crippen molar-refractivity contribution in [3.63, 3.8) is 0 Å². The molecule has 152 valence electrons. The van der Waals surface area contributed by atoms with Crippen LogP contribution in [0.2, 0.25) is 0 Å². The van der Waals surface area contributed by atoms with Crippen molar-refractivity contribution in [1.29, 1.82) is 0 Å². The van der Waals surface area contributed by atoms with Gasteiger partial charge >= 0.3 is 5.97 Å². The molecule has 0 saturated heterocycles. The standard InChI is InChI=1S/C24H44O2/c1-2-3-4-5-6-7-8-9-10-11-12-13-14-15-19-22-24(25)26-23-20-17-16-18-21-23/h12-13,23H,2-11,14-22H2,1H3/b13-12+. The van der Waals surface area contributed by atoms with Crippen molar-refractivity contribution in [1.82, 2.24) is 0 Å². The Morgan fingerprint density at radius 2 is 1.31 bits per heavy atom. The number of hydrogen-bond acceptors (Lipinski definition) is 2. The highest BCUT2D eigenvalue weighted by Crippen LogP contribution is 2.21. The monoisotopic (exact) mass is 364 g/mol. The molecule has 1 fully saturated rings. The number of hydrogen-bond donors (Lipinski definition) is 0. The predicted octanol–water partition coefficient (Wildman–Crippen LogP) is 7.90. The first-order valence-electron chi connectivity index (χ1n) is 11.7. The van der Waals surface area contributed by atoms with Crippen molar-refractivity contribution in [3.8, 4) is 0 Å². The maximum absolute atomic E-state index is 11.8. The topological polar surface area (TPSA) is 26.3 Å². The van der Waals surface area contributed by atoms with Crippen molar-refractivity contribution >= 4 is 5.97 Å². The third kappa shape index (κ3) is 14.4. The van der Waals surface area contributed by atoms with Crippen LogP contribution in [0.1, 0.15) is 129 Å². The molecule has 1 saturated carbocycles. The fraction of sp³-hybridized carbons (Fsp3) is 0.875. The Morgan fingerprint density at radius 1 is 0.769 bits per heavy atom. The number of carbonyl (C=O) groups excluding carboxylic acids is 1. The van der Waals surface area contributed by atoms with Gasteiger partial charge in [-0.15, -0.1) is 0 Å². The molecule has 26 heavy (non-hydrogen) atoms. The molecule has 0 aliphatic heterocycles. The minimum absolute atomic E-state index is 0.0237. The van der Waals surface area contributed by atoms with Crippen molar-refractivity contribution in [2.75, 3.05) is 0 Å². The molecule has 1 aliphatic rings. The van der Waals surface area contributed by atoms with Crippen LogP contribution in [0.15, 0.2) is 12.2 Å². The summed E-state index contributed by atoms with van der Waals surface area (Å²) >= 11 is 0. The lowest BCUT2D eigenvalue weighted by molar-refractivity contribution is -0.150. The van der Waals surface area contributed by atoms with E-state index in [0.29, 0.717) is 6.42 Å². The lowest BCUT2D eigenvalue weighted by atomic mass is 9.98.